The number of hydrogen-bond acceptors (Lipinski definition) is 4. The van der Waals surface area contributed by atoms with Gasteiger partial charge in [-0.05, 0) is 18.6 Å². The molecule has 2 atom stereocenters. The molecule has 1 aliphatic rings. The lowest BCUT2D eigenvalue weighted by atomic mass is 10.0. The largest absolute Gasteiger partial charge is 0.496 e. The second-order valence-corrected chi connectivity index (χ2v) is 5.53. The summed E-state index contributed by atoms with van der Waals surface area (Å²) in [6.07, 6.45) is 8.98. The van der Waals surface area contributed by atoms with Crippen molar-refractivity contribution in [2.75, 3.05) is 20.3 Å². The van der Waals surface area contributed by atoms with Crippen molar-refractivity contribution in [2.45, 2.75) is 18.6 Å². The summed E-state index contributed by atoms with van der Waals surface area (Å²) in [5, 5.41) is 3.56. The average Bonchev–Trinajstić information content (AvgIpc) is 3.08. The van der Waals surface area contributed by atoms with Crippen LogP contribution in [0.3, 0.4) is 0 Å². The van der Waals surface area contributed by atoms with Crippen molar-refractivity contribution < 1.29 is 9.47 Å². The first kappa shape index (κ1) is 15.7. The highest BCUT2D eigenvalue weighted by Gasteiger charge is 2.28. The SMILES string of the molecule is COc1ccccc1/C=C/CN[C@H]1CCO[C@@H]1c1cccnc1. The summed E-state index contributed by atoms with van der Waals surface area (Å²) in [4.78, 5) is 4.18. The van der Waals surface area contributed by atoms with Crippen molar-refractivity contribution in [3.63, 3.8) is 0 Å². The smallest absolute Gasteiger partial charge is 0.126 e. The van der Waals surface area contributed by atoms with Crippen molar-refractivity contribution in [3.05, 3.63) is 66.0 Å². The first-order valence-electron chi connectivity index (χ1n) is 7.93. The first-order valence-corrected chi connectivity index (χ1v) is 7.93. The van der Waals surface area contributed by atoms with Gasteiger partial charge in [0.2, 0.25) is 0 Å². The Hall–Kier alpha value is -2.17. The van der Waals surface area contributed by atoms with Crippen LogP contribution in [0, 0.1) is 0 Å². The number of methoxy groups -OCH3 is 1. The molecule has 0 spiro atoms. The van der Waals surface area contributed by atoms with Gasteiger partial charge in [-0.3, -0.25) is 4.98 Å². The average molecular weight is 310 g/mol. The Labute approximate surface area is 137 Å². The lowest BCUT2D eigenvalue weighted by Crippen LogP contribution is -2.31. The number of benzene rings is 1. The molecule has 4 heteroatoms. The fraction of sp³-hybridized carbons (Fsp3) is 0.316. The minimum Gasteiger partial charge on any atom is -0.496 e. The Bertz CT molecular complexity index is 643. The Morgan fingerprint density at radius 2 is 2.22 bits per heavy atom. The summed E-state index contributed by atoms with van der Waals surface area (Å²) in [7, 11) is 1.69. The molecule has 1 aliphatic heterocycles. The Kier molecular flexibility index (Phi) is 5.40. The van der Waals surface area contributed by atoms with Gasteiger partial charge < -0.3 is 14.8 Å². The van der Waals surface area contributed by atoms with Gasteiger partial charge in [0.1, 0.15) is 5.75 Å². The van der Waals surface area contributed by atoms with Crippen molar-refractivity contribution in [2.24, 2.45) is 0 Å². The standard InChI is InChI=1S/C19H22N2O2/c1-22-18-9-3-2-6-15(18)7-5-12-21-17-10-13-23-19(17)16-8-4-11-20-14-16/h2-9,11,14,17,19,21H,10,12-13H2,1H3/b7-5+/t17-,19+/m0/s1. The van der Waals surface area contributed by atoms with E-state index in [4.69, 9.17) is 9.47 Å². The van der Waals surface area contributed by atoms with Gasteiger partial charge in [-0.15, -0.1) is 0 Å². The maximum absolute atomic E-state index is 5.86. The van der Waals surface area contributed by atoms with Gasteiger partial charge in [-0.25, -0.2) is 0 Å². The highest BCUT2D eigenvalue weighted by atomic mass is 16.5. The molecular weight excluding hydrogens is 288 g/mol. The molecule has 4 nitrogen and oxygen atoms in total. The van der Waals surface area contributed by atoms with Crippen LogP contribution in [0.2, 0.25) is 0 Å². The summed E-state index contributed by atoms with van der Waals surface area (Å²) in [5.74, 6) is 0.890. The molecule has 1 saturated heterocycles. The van der Waals surface area contributed by atoms with Gasteiger partial charge in [0.25, 0.3) is 0 Å². The van der Waals surface area contributed by atoms with E-state index in [9.17, 15) is 0 Å². The highest BCUT2D eigenvalue weighted by molar-refractivity contribution is 5.57. The van der Waals surface area contributed by atoms with E-state index in [2.05, 4.69) is 28.5 Å². The molecule has 120 valence electrons. The van der Waals surface area contributed by atoms with E-state index in [1.54, 1.807) is 13.3 Å². The maximum atomic E-state index is 5.86. The zero-order chi connectivity index (χ0) is 15.9. The number of rotatable bonds is 6. The van der Waals surface area contributed by atoms with Crippen LogP contribution >= 0.6 is 0 Å². The Balaban J connectivity index is 1.57. The second kappa shape index (κ2) is 7.90. The van der Waals surface area contributed by atoms with Crippen LogP contribution in [0.25, 0.3) is 6.08 Å². The summed E-state index contributed by atoms with van der Waals surface area (Å²) < 4.78 is 11.2. The van der Waals surface area contributed by atoms with E-state index in [-0.39, 0.29) is 6.10 Å². The Morgan fingerprint density at radius 1 is 1.30 bits per heavy atom. The van der Waals surface area contributed by atoms with E-state index in [1.165, 1.54) is 0 Å². The Morgan fingerprint density at radius 3 is 3.04 bits per heavy atom. The number of ether oxygens (including phenoxy) is 2. The van der Waals surface area contributed by atoms with Gasteiger partial charge >= 0.3 is 0 Å². The molecule has 1 fully saturated rings. The van der Waals surface area contributed by atoms with Gasteiger partial charge in [-0.1, -0.05) is 36.4 Å². The second-order valence-electron chi connectivity index (χ2n) is 5.53. The third kappa shape index (κ3) is 3.97. The minimum absolute atomic E-state index is 0.0864. The molecule has 0 amide bonds. The quantitative estimate of drug-likeness (QED) is 0.889. The van der Waals surface area contributed by atoms with Crippen molar-refractivity contribution >= 4 is 6.08 Å². The van der Waals surface area contributed by atoms with Crippen molar-refractivity contribution in [1.82, 2.24) is 10.3 Å². The number of para-hydroxylation sites is 1. The molecule has 3 rings (SSSR count). The van der Waals surface area contributed by atoms with Gasteiger partial charge in [-0.2, -0.15) is 0 Å². The number of nitrogens with one attached hydrogen (secondary N) is 1. The van der Waals surface area contributed by atoms with Crippen LogP contribution in [0.1, 0.15) is 23.7 Å². The number of hydrogen-bond donors (Lipinski definition) is 1. The van der Waals surface area contributed by atoms with Crippen LogP contribution in [-0.2, 0) is 4.74 Å². The first-order chi connectivity index (χ1) is 11.4. The number of pyridine rings is 1. The van der Waals surface area contributed by atoms with Crippen LogP contribution in [0.5, 0.6) is 5.75 Å². The third-order valence-corrected chi connectivity index (χ3v) is 4.04. The minimum atomic E-state index is 0.0864. The number of nitrogens with zero attached hydrogens (tertiary/aromatic N) is 1. The summed E-state index contributed by atoms with van der Waals surface area (Å²) in [6, 6.07) is 12.4. The van der Waals surface area contributed by atoms with E-state index in [1.807, 2.05) is 36.5 Å². The van der Waals surface area contributed by atoms with E-state index >= 15 is 0 Å². The van der Waals surface area contributed by atoms with Gasteiger partial charge in [0.15, 0.2) is 0 Å². The maximum Gasteiger partial charge on any atom is 0.126 e. The molecule has 1 N–H and O–H groups in total. The molecular formula is C19H22N2O2. The fourth-order valence-electron chi connectivity index (χ4n) is 2.88. The zero-order valence-corrected chi connectivity index (χ0v) is 13.3. The molecule has 0 unspecified atom stereocenters. The molecule has 0 radical (unpaired) electrons. The summed E-state index contributed by atoms with van der Waals surface area (Å²) >= 11 is 0. The molecule has 2 aromatic rings. The van der Waals surface area contributed by atoms with Crippen molar-refractivity contribution in [1.29, 1.82) is 0 Å². The molecule has 2 heterocycles. The van der Waals surface area contributed by atoms with Crippen LogP contribution in [-0.4, -0.2) is 31.3 Å². The monoisotopic (exact) mass is 310 g/mol. The van der Waals surface area contributed by atoms with Gasteiger partial charge in [0, 0.05) is 42.7 Å². The highest BCUT2D eigenvalue weighted by Crippen LogP contribution is 2.28. The molecule has 0 bridgehead atoms. The van der Waals surface area contributed by atoms with E-state index < -0.39 is 0 Å². The molecule has 1 aromatic heterocycles. The van der Waals surface area contributed by atoms with Crippen LogP contribution in [0.15, 0.2) is 54.9 Å². The van der Waals surface area contributed by atoms with E-state index in [0.29, 0.717) is 6.04 Å². The normalized spacial score (nSPS) is 20.9. The molecule has 0 saturated carbocycles. The fourth-order valence-corrected chi connectivity index (χ4v) is 2.88. The van der Waals surface area contributed by atoms with E-state index in [0.717, 1.165) is 36.4 Å². The third-order valence-electron chi connectivity index (χ3n) is 4.04. The lowest BCUT2D eigenvalue weighted by molar-refractivity contribution is 0.0992. The van der Waals surface area contributed by atoms with Crippen molar-refractivity contribution in [3.8, 4) is 5.75 Å². The topological polar surface area (TPSA) is 43.4 Å². The number of aromatic nitrogens is 1. The van der Waals surface area contributed by atoms with Gasteiger partial charge in [0.05, 0.1) is 13.2 Å². The van der Waals surface area contributed by atoms with Crippen LogP contribution in [0.4, 0.5) is 0 Å². The van der Waals surface area contributed by atoms with Crippen LogP contribution < -0.4 is 10.1 Å². The molecule has 0 aliphatic carbocycles. The predicted octanol–water partition coefficient (Wildman–Crippen LogP) is 3.22. The summed E-state index contributed by atoms with van der Waals surface area (Å²) in [5.41, 5.74) is 2.22. The summed E-state index contributed by atoms with van der Waals surface area (Å²) in [6.45, 7) is 1.58. The zero-order valence-electron chi connectivity index (χ0n) is 13.3. The lowest BCUT2D eigenvalue weighted by Gasteiger charge is -2.19. The predicted molar refractivity (Wildman–Crippen MR) is 91.4 cm³/mol. The molecule has 1 aromatic carbocycles. The molecule has 23 heavy (non-hydrogen) atoms.